The third-order valence-corrected chi connectivity index (χ3v) is 20.0. The van der Waals surface area contributed by atoms with Gasteiger partial charge >= 0.3 is 11.9 Å². The fourth-order valence-corrected chi connectivity index (χ4v) is 13.3. The van der Waals surface area contributed by atoms with E-state index in [0.29, 0.717) is 38.2 Å². The molecule has 13 amide bonds. The van der Waals surface area contributed by atoms with E-state index >= 15 is 0 Å². The van der Waals surface area contributed by atoms with E-state index in [9.17, 15) is 108 Å². The van der Waals surface area contributed by atoms with Crippen LogP contribution in [0.2, 0.25) is 0 Å². The Morgan fingerprint density at radius 1 is 0.531 bits per heavy atom. The van der Waals surface area contributed by atoms with E-state index < -0.39 is 211 Å². The molecule has 636 valence electrons. The smallest absolute Gasteiger partial charge is 0.328 e. The molecule has 3 aliphatic rings. The molecular weight excluding hydrogens is 1480 g/mol. The van der Waals surface area contributed by atoms with Gasteiger partial charge in [-0.1, -0.05) is 97.1 Å². The van der Waals surface area contributed by atoms with Crippen LogP contribution < -0.4 is 64.6 Å². The van der Waals surface area contributed by atoms with Gasteiger partial charge in [-0.15, -0.1) is 0 Å². The van der Waals surface area contributed by atoms with Crippen molar-refractivity contribution in [3.63, 3.8) is 0 Å². The SMILES string of the molecule is CCCCCCCCCCCCC[C@H](CC(=O)O)OC(=O)[C@H](CCC(=O)N1CCNCC1)NC(=O)[C@@H](NC(=O)CNC(=O)[C@@H](NC(=O)[C@@H]1CCCN1C(=O)[C@@H](NC(=O)[C@@H](NC(=O)[C@@H]1CCCN1C(=O)[C@@H](NC(=O)[C@H](Cc1ccc(O)cc1)NC(=O)[C@@H](C)NC(=O)[C@@H](N)[C@@H](C)O)C(C)C)[C@@H](C)O)[C@@H](C)O)[C@H](O)CC(N)=O)[C@@H](C)O. The third kappa shape index (κ3) is 32.3. The number of phenolic OH excluding ortho intramolecular Hbond substituents is 1. The zero-order valence-electron chi connectivity index (χ0n) is 66.2. The summed E-state index contributed by atoms with van der Waals surface area (Å²) in [5, 5.41) is 98.2. The number of carbonyl (C=O) groups excluding carboxylic acids is 14. The number of esters is 1. The van der Waals surface area contributed by atoms with Gasteiger partial charge in [0.05, 0.1) is 49.9 Å². The number of ether oxygens (including phenoxy) is 1. The number of piperazine rings is 1. The molecule has 0 spiro atoms. The second kappa shape index (κ2) is 48.8. The average molecular weight is 1600 g/mol. The van der Waals surface area contributed by atoms with Crippen LogP contribution in [0.3, 0.4) is 0 Å². The van der Waals surface area contributed by atoms with Gasteiger partial charge in [-0.25, -0.2) is 4.79 Å². The number of likely N-dealkylation sites (tertiary alicyclic amines) is 2. The maximum absolute atomic E-state index is 14.6. The zero-order valence-corrected chi connectivity index (χ0v) is 66.2. The molecule has 1 aromatic rings. The first-order valence-corrected chi connectivity index (χ1v) is 39.3. The van der Waals surface area contributed by atoms with Gasteiger partial charge in [0.1, 0.15) is 78.3 Å². The Morgan fingerprint density at radius 2 is 1.03 bits per heavy atom. The minimum Gasteiger partial charge on any atom is -0.508 e. The molecule has 0 radical (unpaired) electrons. The topological polar surface area (TPSA) is 589 Å². The number of unbranched alkanes of at least 4 members (excludes halogenated alkanes) is 10. The van der Waals surface area contributed by atoms with E-state index in [1.165, 1.54) is 57.4 Å². The number of carboxylic acids is 1. The normalized spacial score (nSPS) is 18.9. The fourth-order valence-electron chi connectivity index (χ4n) is 13.3. The zero-order chi connectivity index (χ0) is 84.3. The fraction of sp³-hybridized carbons (Fsp3) is 0.720. The molecule has 3 aliphatic heterocycles. The first-order chi connectivity index (χ1) is 53.4. The number of phenols is 1. The third-order valence-electron chi connectivity index (χ3n) is 20.0. The Morgan fingerprint density at radius 3 is 1.54 bits per heavy atom. The molecule has 0 saturated carbocycles. The number of benzene rings is 1. The van der Waals surface area contributed by atoms with Gasteiger partial charge in [0.2, 0.25) is 76.8 Å². The number of nitrogens with two attached hydrogens (primary N) is 2. The number of primary amides is 1. The minimum absolute atomic E-state index is 0.0232. The van der Waals surface area contributed by atoms with Crippen molar-refractivity contribution >= 4 is 88.7 Å². The van der Waals surface area contributed by atoms with Gasteiger partial charge < -0.3 is 120 Å². The van der Waals surface area contributed by atoms with Crippen molar-refractivity contribution in [3.8, 4) is 5.75 Å². The van der Waals surface area contributed by atoms with E-state index in [1.54, 1.807) is 18.7 Å². The lowest BCUT2D eigenvalue weighted by molar-refractivity contribution is -0.157. The van der Waals surface area contributed by atoms with Crippen LogP contribution in [0.25, 0.3) is 0 Å². The summed E-state index contributed by atoms with van der Waals surface area (Å²) in [7, 11) is 0. The Labute approximate surface area is 658 Å². The molecule has 38 nitrogen and oxygen atoms in total. The Hall–Kier alpha value is -9.21. The average Bonchev–Trinajstić information content (AvgIpc) is 1.73. The molecule has 4 rings (SSSR count). The van der Waals surface area contributed by atoms with Crippen molar-refractivity contribution in [1.29, 1.82) is 0 Å². The van der Waals surface area contributed by atoms with Gasteiger partial charge in [-0.2, -0.15) is 0 Å². The van der Waals surface area contributed by atoms with Gasteiger partial charge in [-0.05, 0) is 103 Å². The first kappa shape index (κ1) is 96.2. The van der Waals surface area contributed by atoms with Crippen molar-refractivity contribution in [1.82, 2.24) is 67.9 Å². The van der Waals surface area contributed by atoms with Gasteiger partial charge in [0.25, 0.3) is 0 Å². The summed E-state index contributed by atoms with van der Waals surface area (Å²) in [6.07, 6.45) is -0.254. The van der Waals surface area contributed by atoms with Crippen LogP contribution in [0.5, 0.6) is 5.75 Å². The van der Waals surface area contributed by atoms with Crippen molar-refractivity contribution in [2.24, 2.45) is 17.4 Å². The number of carbonyl (C=O) groups is 15. The highest BCUT2D eigenvalue weighted by Gasteiger charge is 2.45. The van der Waals surface area contributed by atoms with Crippen LogP contribution >= 0.6 is 0 Å². The molecule has 17 atom stereocenters. The number of hydrogen-bond acceptors (Lipinski definition) is 24. The molecule has 0 aliphatic carbocycles. The number of rotatable bonds is 49. The van der Waals surface area contributed by atoms with Crippen molar-refractivity contribution in [2.45, 2.75) is 293 Å². The van der Waals surface area contributed by atoms with Gasteiger partial charge in [-0.3, -0.25) is 67.1 Å². The molecule has 3 saturated heterocycles. The lowest BCUT2D eigenvalue weighted by Crippen LogP contribution is -2.63. The number of carboxylic acid groups (broad SMARTS) is 1. The number of aliphatic carboxylic acids is 1. The predicted molar refractivity (Wildman–Crippen MR) is 407 cm³/mol. The summed E-state index contributed by atoms with van der Waals surface area (Å²) in [4.78, 5) is 209. The molecule has 3 fully saturated rings. The molecule has 1 aromatic carbocycles. The summed E-state index contributed by atoms with van der Waals surface area (Å²) < 4.78 is 5.71. The van der Waals surface area contributed by atoms with Crippen LogP contribution in [-0.4, -0.2) is 288 Å². The second-order valence-electron chi connectivity index (χ2n) is 29.9. The highest BCUT2D eigenvalue weighted by Crippen LogP contribution is 2.25. The maximum Gasteiger partial charge on any atom is 0.328 e. The van der Waals surface area contributed by atoms with E-state index in [4.69, 9.17) is 16.2 Å². The number of nitrogens with zero attached hydrogens (tertiary/aromatic N) is 3. The quantitative estimate of drug-likeness (QED) is 0.0218. The summed E-state index contributed by atoms with van der Waals surface area (Å²) >= 11 is 0. The molecule has 3 heterocycles. The number of hydrogen-bond donors (Lipinski definition) is 19. The highest BCUT2D eigenvalue weighted by molar-refractivity contribution is 6.00. The first-order valence-electron chi connectivity index (χ1n) is 39.3. The van der Waals surface area contributed by atoms with Crippen LogP contribution in [0.4, 0.5) is 0 Å². The van der Waals surface area contributed by atoms with E-state index in [2.05, 4.69) is 60.1 Å². The summed E-state index contributed by atoms with van der Waals surface area (Å²) in [6, 6.07) is -12.0. The van der Waals surface area contributed by atoms with Gasteiger partial charge in [0.15, 0.2) is 0 Å². The lowest BCUT2D eigenvalue weighted by atomic mass is 9.99. The van der Waals surface area contributed by atoms with E-state index in [1.807, 2.05) is 0 Å². The Kier molecular flexibility index (Phi) is 41.5. The van der Waals surface area contributed by atoms with Crippen molar-refractivity contribution < 1.29 is 112 Å². The largest absolute Gasteiger partial charge is 0.508 e. The van der Waals surface area contributed by atoms with Crippen LogP contribution in [0.15, 0.2) is 24.3 Å². The monoisotopic (exact) mass is 1600 g/mol. The minimum atomic E-state index is -2.11. The molecular formula is C75H123N15O23. The molecule has 0 bridgehead atoms. The number of aliphatic hydroxyl groups is 5. The van der Waals surface area contributed by atoms with Crippen LogP contribution in [0.1, 0.15) is 189 Å². The van der Waals surface area contributed by atoms with E-state index in [-0.39, 0.29) is 76.1 Å². The number of aliphatic hydroxyl groups excluding tert-OH is 5. The summed E-state index contributed by atoms with van der Waals surface area (Å²) in [5.74, 6) is -16.0. The summed E-state index contributed by atoms with van der Waals surface area (Å²) in [5.41, 5.74) is 11.6. The number of amides is 13. The molecule has 113 heavy (non-hydrogen) atoms. The maximum atomic E-state index is 14.6. The molecule has 38 heteroatoms. The standard InChI is InChI=1S/C75H123N15O23/c1-9-10-11-12-13-14-15-16-17-18-19-22-49(38-58(100)101)113-75(112)50(29-30-57(99)88-35-31-78-32-36-88)81-71(108)61(44(6)92)83-56(98)40-79-70(107)64(54(96)39-55(76)97)87-68(105)53-24-21-34-90(53)74(111)63(46(8)94)86-72(109)62(45(7)93)85-67(104)52-23-20-33-89(52)73(110)60(41(2)3)84-66(103)51(37-47-25-27-48(95)28-26-47)82-65(102)42(4)80-69(106)59(77)43(5)91/h25-28,41-46,49-54,59-64,78,91-96H,9-24,29-40,77H2,1-8H3,(H2,76,97)(H,79,107)(H,80,106)(H,81,108)(H,82,102)(H,83,98)(H,84,103)(H,85,104)(H,86,109)(H,87,105)(H,100,101)/t42-,43-,44-,45-,46-,49-,50+,51+,52+,53+,54-,59+,60+,61+,62+,63+,64+/m1/s1. The number of aromatic hydroxyl groups is 1. The Bertz CT molecular complexity index is 3340. The number of nitrogens with one attached hydrogen (secondary N) is 10. The van der Waals surface area contributed by atoms with Crippen LogP contribution in [-0.2, 0) is 83.1 Å². The highest BCUT2D eigenvalue weighted by atomic mass is 16.5. The van der Waals surface area contributed by atoms with Crippen molar-refractivity contribution in [2.75, 3.05) is 45.8 Å². The predicted octanol–water partition coefficient (Wildman–Crippen LogP) is -4.03. The molecule has 0 unspecified atom stereocenters. The second-order valence-corrected chi connectivity index (χ2v) is 29.9. The molecule has 21 N–H and O–H groups in total. The van der Waals surface area contributed by atoms with E-state index in [0.717, 1.165) is 75.5 Å². The van der Waals surface area contributed by atoms with Crippen LogP contribution in [0, 0.1) is 5.92 Å². The van der Waals surface area contributed by atoms with Crippen molar-refractivity contribution in [3.05, 3.63) is 29.8 Å². The summed E-state index contributed by atoms with van der Waals surface area (Å²) in [6.45, 7) is 11.8. The lowest BCUT2D eigenvalue weighted by Gasteiger charge is -2.33. The van der Waals surface area contributed by atoms with Gasteiger partial charge in [0, 0.05) is 52.1 Å². The Balaban J connectivity index is 1.45. The molecule has 0 aromatic heterocycles.